The molecule has 8 nitrogen and oxygen atoms in total. The second kappa shape index (κ2) is 5.66. The molecule has 25 heavy (non-hydrogen) atoms. The molecule has 0 radical (unpaired) electrons. The summed E-state index contributed by atoms with van der Waals surface area (Å²) in [6.45, 7) is 1.85. The summed E-state index contributed by atoms with van der Waals surface area (Å²) >= 11 is 0. The Morgan fingerprint density at radius 3 is 2.72 bits per heavy atom. The number of rotatable bonds is 4. The molecule has 4 rings (SSSR count). The lowest BCUT2D eigenvalue weighted by molar-refractivity contribution is -0.0963. The smallest absolute Gasteiger partial charge is 0.274 e. The Morgan fingerprint density at radius 2 is 2.16 bits per heavy atom. The quantitative estimate of drug-likeness (QED) is 0.892. The van der Waals surface area contributed by atoms with E-state index in [9.17, 15) is 4.79 Å². The van der Waals surface area contributed by atoms with Crippen LogP contribution in [-0.2, 0) is 7.05 Å². The normalized spacial score (nSPS) is 24.2. The van der Waals surface area contributed by atoms with Crippen LogP contribution in [0.1, 0.15) is 41.9 Å². The number of aromatic nitrogens is 5. The van der Waals surface area contributed by atoms with Crippen molar-refractivity contribution in [2.24, 2.45) is 12.5 Å². The molecular weight excluding hydrogens is 318 g/mol. The Kier molecular flexibility index (Phi) is 3.68. The minimum absolute atomic E-state index is 0.131. The Morgan fingerprint density at radius 1 is 1.40 bits per heavy atom. The maximum absolute atomic E-state index is 12.8. The predicted molar refractivity (Wildman–Crippen MR) is 92.5 cm³/mol. The van der Waals surface area contributed by atoms with Gasteiger partial charge in [-0.15, -0.1) is 5.10 Å². The molecule has 8 heteroatoms. The molecule has 134 valence electrons. The van der Waals surface area contributed by atoms with Crippen LogP contribution in [0.4, 0.5) is 0 Å². The highest BCUT2D eigenvalue weighted by Crippen LogP contribution is 2.57. The molecule has 2 heterocycles. The molecule has 2 aliphatic rings. The van der Waals surface area contributed by atoms with Crippen LogP contribution in [0, 0.1) is 12.3 Å². The molecule has 1 spiro atoms. The van der Waals surface area contributed by atoms with Gasteiger partial charge < -0.3 is 10.2 Å². The van der Waals surface area contributed by atoms with E-state index < -0.39 is 0 Å². The lowest BCUT2D eigenvalue weighted by Crippen LogP contribution is -2.70. The van der Waals surface area contributed by atoms with Crippen LogP contribution in [0.5, 0.6) is 0 Å². The van der Waals surface area contributed by atoms with Crippen LogP contribution in [0.3, 0.4) is 0 Å². The summed E-state index contributed by atoms with van der Waals surface area (Å²) in [4.78, 5) is 15.1. The summed E-state index contributed by atoms with van der Waals surface area (Å²) < 4.78 is 3.31. The third kappa shape index (κ3) is 2.38. The van der Waals surface area contributed by atoms with Crippen LogP contribution in [0.25, 0.3) is 5.82 Å². The van der Waals surface area contributed by atoms with Crippen molar-refractivity contribution in [3.8, 4) is 5.82 Å². The van der Waals surface area contributed by atoms with Crippen molar-refractivity contribution in [3.63, 3.8) is 0 Å². The maximum Gasteiger partial charge on any atom is 0.274 e. The van der Waals surface area contributed by atoms with Gasteiger partial charge in [0.15, 0.2) is 11.5 Å². The van der Waals surface area contributed by atoms with Crippen LogP contribution in [0.2, 0.25) is 0 Å². The summed E-state index contributed by atoms with van der Waals surface area (Å²) in [5, 5.41) is 15.7. The van der Waals surface area contributed by atoms with Gasteiger partial charge in [-0.1, -0.05) is 11.6 Å². The van der Waals surface area contributed by atoms with Gasteiger partial charge in [-0.25, -0.2) is 0 Å². The number of carbonyl (C=O) groups excluding carboxylic acids is 1. The molecule has 2 aromatic rings. The zero-order valence-electron chi connectivity index (χ0n) is 15.2. The van der Waals surface area contributed by atoms with E-state index in [1.807, 2.05) is 26.2 Å². The molecule has 2 atom stereocenters. The summed E-state index contributed by atoms with van der Waals surface area (Å²) in [6.07, 6.45) is 6.49. The van der Waals surface area contributed by atoms with E-state index >= 15 is 0 Å². The zero-order chi connectivity index (χ0) is 17.8. The van der Waals surface area contributed by atoms with Gasteiger partial charge in [0.2, 0.25) is 0 Å². The molecule has 0 aliphatic heterocycles. The highest BCUT2D eigenvalue weighted by atomic mass is 16.2. The monoisotopic (exact) mass is 343 g/mol. The van der Waals surface area contributed by atoms with Crippen molar-refractivity contribution < 1.29 is 4.79 Å². The van der Waals surface area contributed by atoms with Crippen molar-refractivity contribution in [2.45, 2.75) is 44.7 Å². The molecule has 2 saturated carbocycles. The fraction of sp³-hybridized carbons (Fsp3) is 0.647. The standard InChI is InChI=1S/C17H25N7O/c1-11-15(19-21-24(11)14-6-9-23(4)20-14)16(25)18-12-10-13(22(2)3)17(12)7-5-8-17/h6,9,12-13H,5,7-8,10H2,1-4H3,(H,18,25). The van der Waals surface area contributed by atoms with Gasteiger partial charge in [0.1, 0.15) is 0 Å². The number of nitrogens with one attached hydrogen (secondary N) is 1. The van der Waals surface area contributed by atoms with E-state index in [0.29, 0.717) is 23.2 Å². The molecule has 1 N–H and O–H groups in total. The number of nitrogens with zero attached hydrogens (tertiary/aromatic N) is 6. The van der Waals surface area contributed by atoms with Crippen molar-refractivity contribution in [1.82, 2.24) is 35.0 Å². The zero-order valence-corrected chi connectivity index (χ0v) is 15.2. The number of carbonyl (C=O) groups is 1. The van der Waals surface area contributed by atoms with Crippen LogP contribution >= 0.6 is 0 Å². The minimum Gasteiger partial charge on any atom is -0.347 e. The first-order valence-corrected chi connectivity index (χ1v) is 8.82. The van der Waals surface area contributed by atoms with E-state index in [2.05, 4.69) is 39.7 Å². The topological polar surface area (TPSA) is 80.9 Å². The first kappa shape index (κ1) is 16.3. The summed E-state index contributed by atoms with van der Waals surface area (Å²) in [5.41, 5.74) is 1.35. The number of aryl methyl sites for hydroxylation is 1. The van der Waals surface area contributed by atoms with Gasteiger partial charge in [-0.05, 0) is 40.3 Å². The van der Waals surface area contributed by atoms with Gasteiger partial charge in [0.05, 0.1) is 5.69 Å². The largest absolute Gasteiger partial charge is 0.347 e. The van der Waals surface area contributed by atoms with Crippen LogP contribution in [-0.4, -0.2) is 61.8 Å². The van der Waals surface area contributed by atoms with Crippen LogP contribution < -0.4 is 5.32 Å². The molecular formula is C17H25N7O. The lowest BCUT2D eigenvalue weighted by atomic mass is 9.49. The van der Waals surface area contributed by atoms with E-state index in [1.54, 1.807) is 9.36 Å². The molecule has 2 unspecified atom stereocenters. The van der Waals surface area contributed by atoms with Gasteiger partial charge in [0.25, 0.3) is 5.91 Å². The summed E-state index contributed by atoms with van der Waals surface area (Å²) in [7, 11) is 6.11. The fourth-order valence-electron chi connectivity index (χ4n) is 4.46. The van der Waals surface area contributed by atoms with E-state index in [4.69, 9.17) is 0 Å². The summed E-state index contributed by atoms with van der Waals surface area (Å²) in [6, 6.07) is 2.65. The van der Waals surface area contributed by atoms with E-state index in [1.165, 1.54) is 19.3 Å². The van der Waals surface area contributed by atoms with E-state index in [-0.39, 0.29) is 17.4 Å². The van der Waals surface area contributed by atoms with Crippen LogP contribution in [0.15, 0.2) is 12.3 Å². The Labute approximate surface area is 147 Å². The lowest BCUT2D eigenvalue weighted by Gasteiger charge is -2.63. The van der Waals surface area contributed by atoms with Gasteiger partial charge >= 0.3 is 0 Å². The minimum atomic E-state index is -0.131. The van der Waals surface area contributed by atoms with Gasteiger partial charge in [-0.3, -0.25) is 9.48 Å². The highest BCUT2D eigenvalue weighted by molar-refractivity contribution is 5.93. The molecule has 0 saturated heterocycles. The van der Waals surface area contributed by atoms with Crippen molar-refractivity contribution in [2.75, 3.05) is 14.1 Å². The van der Waals surface area contributed by atoms with Crippen molar-refractivity contribution in [3.05, 3.63) is 23.7 Å². The van der Waals surface area contributed by atoms with Gasteiger partial charge in [-0.2, -0.15) is 9.78 Å². The molecule has 0 aromatic carbocycles. The van der Waals surface area contributed by atoms with Gasteiger partial charge in [0, 0.05) is 36.8 Å². The van der Waals surface area contributed by atoms with Crippen molar-refractivity contribution >= 4 is 5.91 Å². The molecule has 0 bridgehead atoms. The fourth-order valence-corrected chi connectivity index (χ4v) is 4.46. The average Bonchev–Trinajstić information content (AvgIpc) is 3.06. The molecule has 2 aromatic heterocycles. The van der Waals surface area contributed by atoms with Crippen molar-refractivity contribution in [1.29, 1.82) is 0 Å². The highest BCUT2D eigenvalue weighted by Gasteiger charge is 2.59. The first-order chi connectivity index (χ1) is 11.9. The summed E-state index contributed by atoms with van der Waals surface area (Å²) in [5.74, 6) is 0.534. The number of hydrogen-bond acceptors (Lipinski definition) is 5. The maximum atomic E-state index is 12.8. The molecule has 1 amide bonds. The number of amides is 1. The second-order valence-electron chi connectivity index (χ2n) is 7.61. The first-order valence-electron chi connectivity index (χ1n) is 8.82. The molecule has 2 fully saturated rings. The predicted octanol–water partition coefficient (Wildman–Crippen LogP) is 0.912. The van der Waals surface area contributed by atoms with E-state index in [0.717, 1.165) is 6.42 Å². The Hall–Kier alpha value is -2.22. The number of hydrogen-bond donors (Lipinski definition) is 1. The Balaban J connectivity index is 1.50. The Bertz CT molecular complexity index is 802. The third-order valence-corrected chi connectivity index (χ3v) is 6.06. The SMILES string of the molecule is Cc1c(C(=O)NC2CC(N(C)C)C23CCC3)nnn1-c1ccn(C)n1. The second-order valence-corrected chi connectivity index (χ2v) is 7.61. The molecule has 2 aliphatic carbocycles. The third-order valence-electron chi connectivity index (χ3n) is 6.06. The average molecular weight is 343 g/mol.